The van der Waals surface area contributed by atoms with Gasteiger partial charge in [-0.1, -0.05) is 25.1 Å². The van der Waals surface area contributed by atoms with Crippen molar-refractivity contribution in [3.05, 3.63) is 65.0 Å². The topological polar surface area (TPSA) is 77.1 Å². The van der Waals surface area contributed by atoms with Crippen molar-refractivity contribution in [3.8, 4) is 27.7 Å². The van der Waals surface area contributed by atoms with Crippen LogP contribution in [0, 0.1) is 0 Å². The SMILES string of the molecule is CCC(NC(=O)c1ccc(-c2ccc3c(c2)OCCO3)s1)c1ccccc1OCC(=O)N(C)C. The highest BCUT2D eigenvalue weighted by atomic mass is 32.1. The number of hydrogen-bond acceptors (Lipinski definition) is 6. The third-order valence-electron chi connectivity index (χ3n) is 5.51. The summed E-state index contributed by atoms with van der Waals surface area (Å²) in [5.41, 5.74) is 1.82. The molecule has 4 rings (SSSR count). The number of ether oxygens (including phenoxy) is 3. The Kier molecular flexibility index (Phi) is 7.37. The van der Waals surface area contributed by atoms with E-state index >= 15 is 0 Å². The number of benzene rings is 2. The maximum Gasteiger partial charge on any atom is 0.261 e. The molecule has 0 radical (unpaired) electrons. The first-order valence-corrected chi connectivity index (χ1v) is 12.0. The third-order valence-corrected chi connectivity index (χ3v) is 6.65. The van der Waals surface area contributed by atoms with Gasteiger partial charge in [-0.2, -0.15) is 0 Å². The fourth-order valence-corrected chi connectivity index (χ4v) is 4.51. The Morgan fingerprint density at radius 3 is 2.59 bits per heavy atom. The van der Waals surface area contributed by atoms with Crippen LogP contribution in [-0.4, -0.2) is 50.6 Å². The number of carbonyl (C=O) groups is 2. The molecule has 0 fully saturated rings. The number of nitrogens with one attached hydrogen (secondary N) is 1. The second-order valence-electron chi connectivity index (χ2n) is 8.07. The molecule has 1 aliphatic rings. The van der Waals surface area contributed by atoms with Gasteiger partial charge in [-0.3, -0.25) is 9.59 Å². The molecule has 1 aromatic heterocycles. The summed E-state index contributed by atoms with van der Waals surface area (Å²) in [6.45, 7) is 3.02. The molecule has 0 aliphatic carbocycles. The molecule has 2 heterocycles. The van der Waals surface area contributed by atoms with E-state index in [1.165, 1.54) is 16.2 Å². The Bertz CT molecular complexity index is 1170. The lowest BCUT2D eigenvalue weighted by Gasteiger charge is -2.21. The summed E-state index contributed by atoms with van der Waals surface area (Å²) in [6, 6.07) is 16.8. The molecule has 1 atom stereocenters. The monoisotopic (exact) mass is 480 g/mol. The van der Waals surface area contributed by atoms with E-state index in [1.807, 2.05) is 61.5 Å². The van der Waals surface area contributed by atoms with Gasteiger partial charge < -0.3 is 24.4 Å². The van der Waals surface area contributed by atoms with Crippen molar-refractivity contribution in [2.45, 2.75) is 19.4 Å². The molecule has 1 N–H and O–H groups in total. The molecule has 0 saturated heterocycles. The van der Waals surface area contributed by atoms with Gasteiger partial charge >= 0.3 is 0 Å². The average molecular weight is 481 g/mol. The second kappa shape index (κ2) is 10.6. The van der Waals surface area contributed by atoms with Crippen molar-refractivity contribution >= 4 is 23.2 Å². The van der Waals surface area contributed by atoms with Crippen LogP contribution in [0.3, 0.4) is 0 Å². The van der Waals surface area contributed by atoms with Gasteiger partial charge in [-0.25, -0.2) is 0 Å². The Labute approximate surface area is 203 Å². The number of hydrogen-bond donors (Lipinski definition) is 1. The van der Waals surface area contributed by atoms with Crippen LogP contribution in [0.15, 0.2) is 54.6 Å². The third kappa shape index (κ3) is 5.34. The quantitative estimate of drug-likeness (QED) is 0.513. The van der Waals surface area contributed by atoms with Crippen LogP contribution in [-0.2, 0) is 4.79 Å². The highest BCUT2D eigenvalue weighted by Gasteiger charge is 2.20. The molecule has 3 aromatic rings. The van der Waals surface area contributed by atoms with Gasteiger partial charge in [0.25, 0.3) is 11.8 Å². The molecular weight excluding hydrogens is 452 g/mol. The molecule has 0 bridgehead atoms. The van der Waals surface area contributed by atoms with Gasteiger partial charge in [0, 0.05) is 24.5 Å². The molecule has 0 spiro atoms. The summed E-state index contributed by atoms with van der Waals surface area (Å²) in [4.78, 5) is 28.1. The molecule has 178 valence electrons. The van der Waals surface area contributed by atoms with E-state index in [2.05, 4.69) is 5.32 Å². The minimum absolute atomic E-state index is 0.0573. The van der Waals surface area contributed by atoms with Crippen LogP contribution in [0.5, 0.6) is 17.2 Å². The van der Waals surface area contributed by atoms with Crippen LogP contribution in [0.4, 0.5) is 0 Å². The van der Waals surface area contributed by atoms with Crippen molar-refractivity contribution in [2.24, 2.45) is 0 Å². The maximum absolute atomic E-state index is 13.1. The molecule has 8 heteroatoms. The summed E-state index contributed by atoms with van der Waals surface area (Å²) >= 11 is 1.42. The fraction of sp³-hybridized carbons (Fsp3) is 0.308. The number of rotatable bonds is 8. The van der Waals surface area contributed by atoms with Crippen LogP contribution in [0.2, 0.25) is 0 Å². The first-order chi connectivity index (χ1) is 16.5. The summed E-state index contributed by atoms with van der Waals surface area (Å²) < 4.78 is 17.0. The lowest BCUT2D eigenvalue weighted by atomic mass is 10.0. The summed E-state index contributed by atoms with van der Waals surface area (Å²) in [5.74, 6) is 1.77. The van der Waals surface area contributed by atoms with Gasteiger partial charge in [0.15, 0.2) is 18.1 Å². The van der Waals surface area contributed by atoms with Crippen molar-refractivity contribution in [1.82, 2.24) is 10.2 Å². The van der Waals surface area contributed by atoms with Crippen LogP contribution in [0.1, 0.15) is 34.6 Å². The maximum atomic E-state index is 13.1. The van der Waals surface area contributed by atoms with Crippen molar-refractivity contribution in [2.75, 3.05) is 33.9 Å². The largest absolute Gasteiger partial charge is 0.486 e. The van der Waals surface area contributed by atoms with Gasteiger partial charge in [0.2, 0.25) is 0 Å². The number of fused-ring (bicyclic) bond motifs is 1. The van der Waals surface area contributed by atoms with E-state index < -0.39 is 0 Å². The van der Waals surface area contributed by atoms with Crippen molar-refractivity contribution in [3.63, 3.8) is 0 Å². The molecule has 2 aromatic carbocycles. The lowest BCUT2D eigenvalue weighted by Crippen LogP contribution is -2.29. The zero-order valence-corrected chi connectivity index (χ0v) is 20.3. The number of likely N-dealkylation sites (N-methyl/N-ethyl adjacent to an activating group) is 1. The predicted octanol–water partition coefficient (Wildman–Crippen LogP) is 4.53. The van der Waals surface area contributed by atoms with Gasteiger partial charge in [-0.15, -0.1) is 11.3 Å². The summed E-state index contributed by atoms with van der Waals surface area (Å²) in [5, 5.41) is 3.12. The van der Waals surface area contributed by atoms with E-state index in [-0.39, 0.29) is 24.5 Å². The average Bonchev–Trinajstić information content (AvgIpc) is 3.36. The number of carbonyl (C=O) groups excluding carboxylic acids is 2. The number of nitrogens with zero attached hydrogens (tertiary/aromatic N) is 1. The van der Waals surface area contributed by atoms with Crippen molar-refractivity contribution < 1.29 is 23.8 Å². The van der Waals surface area contributed by atoms with E-state index in [1.54, 1.807) is 14.1 Å². The van der Waals surface area contributed by atoms with Gasteiger partial charge in [0.05, 0.1) is 10.9 Å². The molecule has 34 heavy (non-hydrogen) atoms. The minimum Gasteiger partial charge on any atom is -0.486 e. The second-order valence-corrected chi connectivity index (χ2v) is 9.16. The Hall–Kier alpha value is -3.52. The molecule has 2 amide bonds. The van der Waals surface area contributed by atoms with Gasteiger partial charge in [-0.05, 0) is 48.4 Å². The van der Waals surface area contributed by atoms with Crippen LogP contribution < -0.4 is 19.5 Å². The number of thiophene rings is 1. The molecule has 1 aliphatic heterocycles. The zero-order valence-electron chi connectivity index (χ0n) is 19.5. The smallest absolute Gasteiger partial charge is 0.261 e. The summed E-state index contributed by atoms with van der Waals surface area (Å²) in [6.07, 6.45) is 0.675. The number of para-hydroxylation sites is 1. The Morgan fingerprint density at radius 2 is 1.82 bits per heavy atom. The molecule has 1 unspecified atom stereocenters. The van der Waals surface area contributed by atoms with E-state index in [4.69, 9.17) is 14.2 Å². The highest BCUT2D eigenvalue weighted by molar-refractivity contribution is 7.17. The van der Waals surface area contributed by atoms with Crippen LogP contribution >= 0.6 is 11.3 Å². The van der Waals surface area contributed by atoms with E-state index in [0.717, 1.165) is 27.5 Å². The molecule has 7 nitrogen and oxygen atoms in total. The molecule has 0 saturated carbocycles. The van der Waals surface area contributed by atoms with E-state index in [9.17, 15) is 9.59 Å². The van der Waals surface area contributed by atoms with E-state index in [0.29, 0.717) is 30.3 Å². The number of amides is 2. The van der Waals surface area contributed by atoms with Gasteiger partial charge in [0.1, 0.15) is 19.0 Å². The Balaban J connectivity index is 1.47. The fourth-order valence-electron chi connectivity index (χ4n) is 3.61. The van der Waals surface area contributed by atoms with Crippen LogP contribution in [0.25, 0.3) is 10.4 Å². The predicted molar refractivity (Wildman–Crippen MR) is 132 cm³/mol. The van der Waals surface area contributed by atoms with Crippen molar-refractivity contribution in [1.29, 1.82) is 0 Å². The normalized spacial score (nSPS) is 13.1. The first-order valence-electron chi connectivity index (χ1n) is 11.2. The standard InChI is InChI=1S/C26H28N2O5S/c1-4-19(18-7-5-6-8-20(18)33-16-25(29)28(2)3)27-26(30)24-12-11-23(34-24)17-9-10-21-22(15-17)32-14-13-31-21/h5-12,15,19H,4,13-14,16H2,1-3H3,(H,27,30). The first kappa shape index (κ1) is 23.6. The summed E-state index contributed by atoms with van der Waals surface area (Å²) in [7, 11) is 3.37. The minimum atomic E-state index is -0.252. The molecular formula is C26H28N2O5S. The highest BCUT2D eigenvalue weighted by Crippen LogP contribution is 2.37. The zero-order chi connectivity index (χ0) is 24.1. The lowest BCUT2D eigenvalue weighted by molar-refractivity contribution is -0.130. The Morgan fingerprint density at radius 1 is 1.06 bits per heavy atom.